The molecule has 3 heteroatoms. The number of pyridine rings is 1. The predicted octanol–water partition coefficient (Wildman–Crippen LogP) is 3.18. The van der Waals surface area contributed by atoms with Crippen molar-refractivity contribution in [2.24, 2.45) is 17.7 Å². The summed E-state index contributed by atoms with van der Waals surface area (Å²) in [6.07, 6.45) is 7.67. The van der Waals surface area contributed by atoms with Crippen molar-refractivity contribution < 1.29 is 0 Å². The molecule has 1 aliphatic carbocycles. The summed E-state index contributed by atoms with van der Waals surface area (Å²) < 4.78 is 0. The van der Waals surface area contributed by atoms with Crippen LogP contribution in [0, 0.1) is 11.8 Å². The van der Waals surface area contributed by atoms with E-state index in [9.17, 15) is 0 Å². The zero-order chi connectivity index (χ0) is 13.2. The van der Waals surface area contributed by atoms with E-state index < -0.39 is 0 Å². The highest BCUT2D eigenvalue weighted by Crippen LogP contribution is 2.41. The second-order valence-corrected chi connectivity index (χ2v) is 5.66. The van der Waals surface area contributed by atoms with Gasteiger partial charge in [0.2, 0.25) is 0 Å². The second-order valence-electron chi connectivity index (χ2n) is 5.66. The molecule has 1 heterocycles. The molecule has 0 bridgehead atoms. The molecule has 3 N–H and O–H groups in total. The molecule has 0 aliphatic heterocycles. The molecule has 0 saturated heterocycles. The number of hydrogen-bond acceptors (Lipinski definition) is 3. The molecule has 3 atom stereocenters. The van der Waals surface area contributed by atoms with Gasteiger partial charge in [-0.15, -0.1) is 0 Å². The third-order valence-corrected chi connectivity index (χ3v) is 4.59. The number of benzene rings is 1. The monoisotopic (exact) mass is 255 g/mol. The van der Waals surface area contributed by atoms with Gasteiger partial charge < -0.3 is 0 Å². The summed E-state index contributed by atoms with van der Waals surface area (Å²) in [5.41, 5.74) is 4.37. The fourth-order valence-corrected chi connectivity index (χ4v) is 3.53. The van der Waals surface area contributed by atoms with Crippen LogP contribution in [0.15, 0.2) is 36.7 Å². The first kappa shape index (κ1) is 12.6. The van der Waals surface area contributed by atoms with Crippen molar-refractivity contribution in [1.29, 1.82) is 0 Å². The van der Waals surface area contributed by atoms with Crippen LogP contribution in [0.5, 0.6) is 0 Å². The predicted molar refractivity (Wildman–Crippen MR) is 78.3 cm³/mol. The van der Waals surface area contributed by atoms with Gasteiger partial charge in [-0.3, -0.25) is 16.3 Å². The smallest absolute Gasteiger partial charge is 0.0496 e. The van der Waals surface area contributed by atoms with Gasteiger partial charge in [0, 0.05) is 23.8 Å². The summed E-state index contributed by atoms with van der Waals surface area (Å²) in [6.45, 7) is 2.34. The highest BCUT2D eigenvalue weighted by Gasteiger charge is 2.31. The molecule has 1 fully saturated rings. The van der Waals surface area contributed by atoms with Crippen LogP contribution in [0.25, 0.3) is 10.8 Å². The van der Waals surface area contributed by atoms with Crippen LogP contribution in [-0.2, 0) is 0 Å². The minimum atomic E-state index is 0.239. The Morgan fingerprint density at radius 2 is 2.21 bits per heavy atom. The standard InChI is InChI=1S/C16H21N3/c1-11-4-2-6-13(11)16(19-17)15-7-3-5-12-10-18-9-8-14(12)15/h3,5,7-11,13,16,19H,2,4,6,17H2,1H3. The average Bonchev–Trinajstić information content (AvgIpc) is 2.86. The van der Waals surface area contributed by atoms with Gasteiger partial charge in [0.25, 0.3) is 0 Å². The van der Waals surface area contributed by atoms with E-state index in [2.05, 4.69) is 41.6 Å². The Morgan fingerprint density at radius 3 is 2.95 bits per heavy atom. The summed E-state index contributed by atoms with van der Waals surface area (Å²) in [6, 6.07) is 8.73. The molecule has 1 aromatic carbocycles. The normalized spacial score (nSPS) is 24.7. The molecule has 3 unspecified atom stereocenters. The Hall–Kier alpha value is -1.45. The maximum Gasteiger partial charge on any atom is 0.0496 e. The van der Waals surface area contributed by atoms with E-state index in [1.807, 2.05) is 12.4 Å². The zero-order valence-electron chi connectivity index (χ0n) is 11.3. The van der Waals surface area contributed by atoms with Gasteiger partial charge in [-0.2, -0.15) is 0 Å². The molecule has 1 aromatic heterocycles. The number of aromatic nitrogens is 1. The summed E-state index contributed by atoms with van der Waals surface area (Å²) >= 11 is 0. The van der Waals surface area contributed by atoms with Gasteiger partial charge in [0.15, 0.2) is 0 Å². The summed E-state index contributed by atoms with van der Waals surface area (Å²) in [7, 11) is 0. The lowest BCUT2D eigenvalue weighted by Crippen LogP contribution is -2.34. The highest BCUT2D eigenvalue weighted by atomic mass is 15.2. The molecule has 0 amide bonds. The Balaban J connectivity index is 2.06. The molecule has 100 valence electrons. The summed E-state index contributed by atoms with van der Waals surface area (Å²) in [5.74, 6) is 7.24. The van der Waals surface area contributed by atoms with Crippen LogP contribution in [0.2, 0.25) is 0 Å². The van der Waals surface area contributed by atoms with E-state index in [1.165, 1.54) is 35.6 Å². The number of rotatable bonds is 3. The molecule has 1 aliphatic rings. The van der Waals surface area contributed by atoms with Gasteiger partial charge in [0.1, 0.15) is 0 Å². The molecule has 0 radical (unpaired) electrons. The van der Waals surface area contributed by atoms with Crippen molar-refractivity contribution in [3.05, 3.63) is 42.2 Å². The first-order chi connectivity index (χ1) is 9.31. The summed E-state index contributed by atoms with van der Waals surface area (Å²) in [4.78, 5) is 4.20. The van der Waals surface area contributed by atoms with E-state index in [4.69, 9.17) is 5.84 Å². The number of nitrogens with one attached hydrogen (secondary N) is 1. The molecule has 1 saturated carbocycles. The molecule has 2 aromatic rings. The van der Waals surface area contributed by atoms with Crippen LogP contribution in [0.1, 0.15) is 37.8 Å². The van der Waals surface area contributed by atoms with E-state index in [0.29, 0.717) is 5.92 Å². The number of hydrazine groups is 1. The van der Waals surface area contributed by atoms with Gasteiger partial charge >= 0.3 is 0 Å². The lowest BCUT2D eigenvalue weighted by atomic mass is 9.84. The molecule has 3 rings (SSSR count). The summed E-state index contributed by atoms with van der Waals surface area (Å²) in [5, 5.41) is 2.45. The average molecular weight is 255 g/mol. The first-order valence-corrected chi connectivity index (χ1v) is 7.10. The van der Waals surface area contributed by atoms with Crippen molar-refractivity contribution in [2.75, 3.05) is 0 Å². The Bertz CT molecular complexity index is 561. The first-order valence-electron chi connectivity index (χ1n) is 7.10. The lowest BCUT2D eigenvalue weighted by molar-refractivity contribution is 0.306. The van der Waals surface area contributed by atoms with Crippen molar-refractivity contribution in [2.45, 2.75) is 32.2 Å². The number of nitrogens with zero attached hydrogens (tertiary/aromatic N) is 1. The number of hydrogen-bond donors (Lipinski definition) is 2. The van der Waals surface area contributed by atoms with E-state index in [0.717, 1.165) is 5.92 Å². The van der Waals surface area contributed by atoms with Gasteiger partial charge in [-0.1, -0.05) is 38.0 Å². The fraction of sp³-hybridized carbons (Fsp3) is 0.438. The van der Waals surface area contributed by atoms with Crippen LogP contribution in [0.3, 0.4) is 0 Å². The van der Waals surface area contributed by atoms with E-state index in [-0.39, 0.29) is 6.04 Å². The highest BCUT2D eigenvalue weighted by molar-refractivity contribution is 5.85. The fourth-order valence-electron chi connectivity index (χ4n) is 3.53. The Morgan fingerprint density at radius 1 is 1.32 bits per heavy atom. The molecular formula is C16H21N3. The maximum atomic E-state index is 5.87. The largest absolute Gasteiger partial charge is 0.271 e. The van der Waals surface area contributed by atoms with Crippen molar-refractivity contribution in [3.63, 3.8) is 0 Å². The van der Waals surface area contributed by atoms with Crippen LogP contribution < -0.4 is 11.3 Å². The molecular weight excluding hydrogens is 234 g/mol. The Kier molecular flexibility index (Phi) is 3.49. The van der Waals surface area contributed by atoms with Crippen LogP contribution in [-0.4, -0.2) is 4.98 Å². The topological polar surface area (TPSA) is 50.9 Å². The number of nitrogens with two attached hydrogens (primary N) is 1. The van der Waals surface area contributed by atoms with E-state index >= 15 is 0 Å². The van der Waals surface area contributed by atoms with Gasteiger partial charge in [-0.05, 0) is 35.3 Å². The van der Waals surface area contributed by atoms with E-state index in [1.54, 1.807) is 0 Å². The third kappa shape index (κ3) is 2.24. The minimum absolute atomic E-state index is 0.239. The molecule has 3 nitrogen and oxygen atoms in total. The maximum absolute atomic E-state index is 5.87. The Labute approximate surface area is 114 Å². The quantitative estimate of drug-likeness (QED) is 0.654. The third-order valence-electron chi connectivity index (χ3n) is 4.59. The second kappa shape index (κ2) is 5.27. The molecule has 0 spiro atoms. The SMILES string of the molecule is CC1CCCC1C(NN)c1cccc2cnccc12. The lowest BCUT2D eigenvalue weighted by Gasteiger charge is -2.27. The number of fused-ring (bicyclic) bond motifs is 1. The minimum Gasteiger partial charge on any atom is -0.271 e. The molecule has 19 heavy (non-hydrogen) atoms. The van der Waals surface area contributed by atoms with Gasteiger partial charge in [0.05, 0.1) is 0 Å². The zero-order valence-corrected chi connectivity index (χ0v) is 11.3. The van der Waals surface area contributed by atoms with Crippen molar-refractivity contribution in [3.8, 4) is 0 Å². The van der Waals surface area contributed by atoms with Crippen molar-refractivity contribution >= 4 is 10.8 Å². The van der Waals surface area contributed by atoms with Crippen molar-refractivity contribution in [1.82, 2.24) is 10.4 Å². The van der Waals surface area contributed by atoms with Gasteiger partial charge in [-0.25, -0.2) is 0 Å². The van der Waals surface area contributed by atoms with Crippen LogP contribution in [0.4, 0.5) is 0 Å². The van der Waals surface area contributed by atoms with Crippen LogP contribution >= 0.6 is 0 Å².